The third-order valence-electron chi connectivity index (χ3n) is 3.54. The van der Waals surface area contributed by atoms with E-state index in [0.717, 1.165) is 19.4 Å². The molecule has 112 valence electrons. The monoisotopic (exact) mass is 288 g/mol. The Hall–Kier alpha value is -2.06. The molecule has 0 saturated carbocycles. The predicted molar refractivity (Wildman–Crippen MR) is 77.9 cm³/mol. The normalized spacial score (nSPS) is 17.2. The van der Waals surface area contributed by atoms with E-state index in [-0.39, 0.29) is 18.6 Å². The summed E-state index contributed by atoms with van der Waals surface area (Å²) in [5, 5.41) is 8.99. The number of ether oxygens (including phenoxy) is 2. The minimum atomic E-state index is -0.0826. The first-order valence-electron chi connectivity index (χ1n) is 7.26. The van der Waals surface area contributed by atoms with Gasteiger partial charge in [0.05, 0.1) is 11.7 Å². The molecule has 21 heavy (non-hydrogen) atoms. The van der Waals surface area contributed by atoms with Gasteiger partial charge in [-0.1, -0.05) is 12.1 Å². The molecular weight excluding hydrogens is 268 g/mol. The Kier molecular flexibility index (Phi) is 5.59. The molecular formula is C16H20N2O3. The summed E-state index contributed by atoms with van der Waals surface area (Å²) in [4.78, 5) is 13.9. The second kappa shape index (κ2) is 7.65. The highest BCUT2D eigenvalue weighted by atomic mass is 16.5. The fraction of sp³-hybridized carbons (Fsp3) is 0.500. The molecule has 5 heteroatoms. The smallest absolute Gasteiger partial charge is 0.260 e. The van der Waals surface area contributed by atoms with E-state index < -0.39 is 0 Å². The molecule has 1 unspecified atom stereocenters. The third kappa shape index (κ3) is 4.20. The second-order valence-electron chi connectivity index (χ2n) is 4.96. The number of carbonyl (C=O) groups is 1. The highest BCUT2D eigenvalue weighted by Gasteiger charge is 2.21. The van der Waals surface area contributed by atoms with Crippen molar-refractivity contribution in [2.24, 2.45) is 0 Å². The van der Waals surface area contributed by atoms with Crippen LogP contribution in [0, 0.1) is 11.3 Å². The van der Waals surface area contributed by atoms with E-state index >= 15 is 0 Å². The van der Waals surface area contributed by atoms with Crippen LogP contribution in [-0.2, 0) is 9.53 Å². The first-order chi connectivity index (χ1) is 10.2. The van der Waals surface area contributed by atoms with Crippen molar-refractivity contribution >= 4 is 5.91 Å². The highest BCUT2D eigenvalue weighted by Crippen LogP contribution is 2.17. The molecule has 5 nitrogen and oxygen atoms in total. The molecule has 0 aromatic heterocycles. The standard InChI is InChI=1S/C16H20N2O3/c1-2-18(11-14-7-5-9-20-14)16(19)12-21-15-8-4-3-6-13(15)10-17/h3-4,6,8,14H,2,5,7,9,11-12H2,1H3. The summed E-state index contributed by atoms with van der Waals surface area (Å²) in [6.45, 7) is 3.90. The zero-order valence-electron chi connectivity index (χ0n) is 12.2. The van der Waals surface area contributed by atoms with E-state index in [1.165, 1.54) is 0 Å². The van der Waals surface area contributed by atoms with Gasteiger partial charge in [0.25, 0.3) is 5.91 Å². The van der Waals surface area contributed by atoms with Gasteiger partial charge in [-0.15, -0.1) is 0 Å². The van der Waals surface area contributed by atoms with Crippen LogP contribution in [0.1, 0.15) is 25.3 Å². The van der Waals surface area contributed by atoms with Crippen molar-refractivity contribution in [3.63, 3.8) is 0 Å². The Morgan fingerprint density at radius 2 is 2.33 bits per heavy atom. The van der Waals surface area contributed by atoms with Gasteiger partial charge < -0.3 is 14.4 Å². The fourth-order valence-corrected chi connectivity index (χ4v) is 2.36. The topological polar surface area (TPSA) is 62.6 Å². The molecule has 1 aromatic carbocycles. The molecule has 2 rings (SSSR count). The number of hydrogen-bond donors (Lipinski definition) is 0. The average molecular weight is 288 g/mol. The van der Waals surface area contributed by atoms with E-state index in [1.807, 2.05) is 6.92 Å². The number of rotatable bonds is 6. The minimum Gasteiger partial charge on any atom is -0.482 e. The van der Waals surface area contributed by atoms with Crippen LogP contribution in [0.5, 0.6) is 5.75 Å². The number of hydrogen-bond acceptors (Lipinski definition) is 4. The highest BCUT2D eigenvalue weighted by molar-refractivity contribution is 5.77. The Balaban J connectivity index is 1.88. The van der Waals surface area contributed by atoms with E-state index in [0.29, 0.717) is 24.4 Å². The summed E-state index contributed by atoms with van der Waals surface area (Å²) < 4.78 is 11.0. The van der Waals surface area contributed by atoms with E-state index in [2.05, 4.69) is 6.07 Å². The van der Waals surface area contributed by atoms with Crippen LogP contribution in [0.3, 0.4) is 0 Å². The molecule has 1 heterocycles. The molecule has 0 spiro atoms. The SMILES string of the molecule is CCN(CC1CCCO1)C(=O)COc1ccccc1C#N. The summed E-state index contributed by atoms with van der Waals surface area (Å²) in [6, 6.07) is 8.97. The maximum Gasteiger partial charge on any atom is 0.260 e. The van der Waals surface area contributed by atoms with Crippen LogP contribution < -0.4 is 4.74 Å². The largest absolute Gasteiger partial charge is 0.482 e. The number of nitrogens with zero attached hydrogens (tertiary/aromatic N) is 2. The zero-order chi connectivity index (χ0) is 15.1. The van der Waals surface area contributed by atoms with E-state index in [1.54, 1.807) is 29.2 Å². The number of benzene rings is 1. The number of nitriles is 1. The molecule has 0 radical (unpaired) electrons. The lowest BCUT2D eigenvalue weighted by Crippen LogP contribution is -2.39. The number of carbonyl (C=O) groups excluding carboxylic acids is 1. The van der Waals surface area contributed by atoms with Gasteiger partial charge in [0.1, 0.15) is 11.8 Å². The number of para-hydroxylation sites is 1. The molecule has 0 N–H and O–H groups in total. The Bertz CT molecular complexity index is 518. The van der Waals surface area contributed by atoms with Crippen LogP contribution in [0.15, 0.2) is 24.3 Å². The van der Waals surface area contributed by atoms with E-state index in [9.17, 15) is 4.79 Å². The average Bonchev–Trinajstić information content (AvgIpc) is 3.03. The Morgan fingerprint density at radius 1 is 1.52 bits per heavy atom. The predicted octanol–water partition coefficient (Wildman–Crippen LogP) is 1.96. The van der Waals surface area contributed by atoms with Gasteiger partial charge in [-0.2, -0.15) is 5.26 Å². The maximum absolute atomic E-state index is 12.2. The van der Waals surface area contributed by atoms with Crippen molar-refractivity contribution in [2.45, 2.75) is 25.9 Å². The van der Waals surface area contributed by atoms with Crippen molar-refractivity contribution in [3.8, 4) is 11.8 Å². The van der Waals surface area contributed by atoms with Gasteiger partial charge in [0, 0.05) is 19.7 Å². The van der Waals surface area contributed by atoms with Crippen LogP contribution in [0.25, 0.3) is 0 Å². The van der Waals surface area contributed by atoms with Crippen LogP contribution in [0.4, 0.5) is 0 Å². The second-order valence-corrected chi connectivity index (χ2v) is 4.96. The van der Waals surface area contributed by atoms with Crippen LogP contribution in [0.2, 0.25) is 0 Å². The first kappa shape index (κ1) is 15.3. The molecule has 1 aliphatic heterocycles. The van der Waals surface area contributed by atoms with Crippen molar-refractivity contribution in [1.29, 1.82) is 5.26 Å². The lowest BCUT2D eigenvalue weighted by Gasteiger charge is -2.24. The maximum atomic E-state index is 12.2. The van der Waals surface area contributed by atoms with Gasteiger partial charge in [-0.05, 0) is 31.9 Å². The lowest BCUT2D eigenvalue weighted by atomic mass is 10.2. The molecule has 1 saturated heterocycles. The van der Waals surface area contributed by atoms with Crippen molar-refractivity contribution in [2.75, 3.05) is 26.3 Å². The molecule has 1 atom stereocenters. The summed E-state index contributed by atoms with van der Waals surface area (Å²) in [5.41, 5.74) is 0.437. The molecule has 1 amide bonds. The van der Waals surface area contributed by atoms with Gasteiger partial charge in [0.2, 0.25) is 0 Å². The lowest BCUT2D eigenvalue weighted by molar-refractivity contribution is -0.134. The number of likely N-dealkylation sites (N-methyl/N-ethyl adjacent to an activating group) is 1. The molecule has 1 aliphatic rings. The van der Waals surface area contributed by atoms with Gasteiger partial charge in [0.15, 0.2) is 6.61 Å². The molecule has 1 fully saturated rings. The van der Waals surface area contributed by atoms with Gasteiger partial charge >= 0.3 is 0 Å². The van der Waals surface area contributed by atoms with Gasteiger partial charge in [-0.3, -0.25) is 4.79 Å². The molecule has 1 aromatic rings. The summed E-state index contributed by atoms with van der Waals surface area (Å²) in [6.07, 6.45) is 2.20. The zero-order valence-corrected chi connectivity index (χ0v) is 12.2. The van der Waals surface area contributed by atoms with Crippen molar-refractivity contribution in [1.82, 2.24) is 4.90 Å². The van der Waals surface area contributed by atoms with E-state index in [4.69, 9.17) is 14.7 Å². The summed E-state index contributed by atoms with van der Waals surface area (Å²) in [7, 11) is 0. The Morgan fingerprint density at radius 3 is 3.00 bits per heavy atom. The Labute approximate surface area is 125 Å². The number of amides is 1. The van der Waals surface area contributed by atoms with Crippen molar-refractivity contribution < 1.29 is 14.3 Å². The summed E-state index contributed by atoms with van der Waals surface area (Å²) in [5.74, 6) is 0.363. The first-order valence-corrected chi connectivity index (χ1v) is 7.26. The fourth-order valence-electron chi connectivity index (χ4n) is 2.36. The quantitative estimate of drug-likeness (QED) is 0.803. The third-order valence-corrected chi connectivity index (χ3v) is 3.54. The van der Waals surface area contributed by atoms with Crippen LogP contribution in [-0.4, -0.2) is 43.2 Å². The summed E-state index contributed by atoms with van der Waals surface area (Å²) >= 11 is 0. The van der Waals surface area contributed by atoms with Gasteiger partial charge in [-0.25, -0.2) is 0 Å². The molecule has 0 aliphatic carbocycles. The van der Waals surface area contributed by atoms with Crippen LogP contribution >= 0.6 is 0 Å². The van der Waals surface area contributed by atoms with Crippen molar-refractivity contribution in [3.05, 3.63) is 29.8 Å². The minimum absolute atomic E-state index is 0.0563. The molecule has 0 bridgehead atoms.